The van der Waals surface area contributed by atoms with E-state index in [1.807, 2.05) is 0 Å². The van der Waals surface area contributed by atoms with Gasteiger partial charge in [-0.2, -0.15) is 0 Å². The standard InChI is InChI=1S/C23H33NO5/c1-16(2)15-28-20-11-10-19(14-21(20)27-4)23(26)29-17(3)22(25)24-13-12-18-8-6-5-7-9-18/h8,10-11,14,16-17H,5-7,9,12-13,15H2,1-4H3,(H,24,25)/t17-/m0/s1. The highest BCUT2D eigenvalue weighted by atomic mass is 16.5. The summed E-state index contributed by atoms with van der Waals surface area (Å²) in [5, 5.41) is 2.84. The monoisotopic (exact) mass is 403 g/mol. The average Bonchev–Trinajstić information content (AvgIpc) is 2.72. The second-order valence-corrected chi connectivity index (χ2v) is 7.77. The van der Waals surface area contributed by atoms with Crippen LogP contribution in [-0.4, -0.2) is 38.2 Å². The number of hydrogen-bond acceptors (Lipinski definition) is 5. The lowest BCUT2D eigenvalue weighted by atomic mass is 9.97. The molecule has 0 spiro atoms. The summed E-state index contributed by atoms with van der Waals surface area (Å²) in [4.78, 5) is 24.6. The Bertz CT molecular complexity index is 726. The van der Waals surface area contributed by atoms with Crippen LogP contribution in [0.1, 0.15) is 63.2 Å². The van der Waals surface area contributed by atoms with Crippen LogP contribution < -0.4 is 14.8 Å². The number of ether oxygens (including phenoxy) is 3. The molecule has 6 nitrogen and oxygen atoms in total. The van der Waals surface area contributed by atoms with Crippen LogP contribution in [0.25, 0.3) is 0 Å². The Hall–Kier alpha value is -2.50. The highest BCUT2D eigenvalue weighted by Crippen LogP contribution is 2.29. The van der Waals surface area contributed by atoms with E-state index in [1.165, 1.54) is 25.5 Å². The van der Waals surface area contributed by atoms with E-state index in [-0.39, 0.29) is 5.91 Å². The molecular weight excluding hydrogens is 370 g/mol. The van der Waals surface area contributed by atoms with E-state index in [9.17, 15) is 9.59 Å². The lowest BCUT2D eigenvalue weighted by Gasteiger charge is -2.16. The van der Waals surface area contributed by atoms with Crippen molar-refractivity contribution in [3.8, 4) is 11.5 Å². The van der Waals surface area contributed by atoms with Gasteiger partial charge >= 0.3 is 5.97 Å². The smallest absolute Gasteiger partial charge is 0.339 e. The number of esters is 1. The molecule has 1 aromatic rings. The zero-order chi connectivity index (χ0) is 21.2. The molecule has 1 amide bonds. The van der Waals surface area contributed by atoms with Gasteiger partial charge in [0.1, 0.15) is 0 Å². The minimum absolute atomic E-state index is 0.293. The summed E-state index contributed by atoms with van der Waals surface area (Å²) in [6.45, 7) is 6.79. The molecule has 1 atom stereocenters. The van der Waals surface area contributed by atoms with E-state index in [0.717, 1.165) is 19.3 Å². The van der Waals surface area contributed by atoms with Gasteiger partial charge in [-0.25, -0.2) is 4.79 Å². The average molecular weight is 404 g/mol. The Morgan fingerprint density at radius 2 is 1.93 bits per heavy atom. The molecule has 1 aromatic carbocycles. The molecule has 1 N–H and O–H groups in total. The number of nitrogens with one attached hydrogen (secondary N) is 1. The van der Waals surface area contributed by atoms with Crippen molar-refractivity contribution in [1.82, 2.24) is 5.32 Å². The minimum atomic E-state index is -0.870. The number of amides is 1. The third-order valence-corrected chi connectivity index (χ3v) is 4.75. The number of benzene rings is 1. The zero-order valence-electron chi connectivity index (χ0n) is 18.0. The molecule has 0 aromatic heterocycles. The van der Waals surface area contributed by atoms with E-state index < -0.39 is 12.1 Å². The van der Waals surface area contributed by atoms with Crippen LogP contribution in [0, 0.1) is 5.92 Å². The van der Waals surface area contributed by atoms with Gasteiger partial charge < -0.3 is 19.5 Å². The van der Waals surface area contributed by atoms with E-state index >= 15 is 0 Å². The number of rotatable bonds is 10. The fourth-order valence-electron chi connectivity index (χ4n) is 3.07. The number of allylic oxidation sites excluding steroid dienone is 1. The quantitative estimate of drug-likeness (QED) is 0.466. The van der Waals surface area contributed by atoms with Crippen LogP contribution in [0.5, 0.6) is 11.5 Å². The maximum absolute atomic E-state index is 12.4. The molecule has 2 rings (SSSR count). The third-order valence-electron chi connectivity index (χ3n) is 4.75. The van der Waals surface area contributed by atoms with E-state index in [4.69, 9.17) is 14.2 Å². The lowest BCUT2D eigenvalue weighted by molar-refractivity contribution is -0.129. The van der Waals surface area contributed by atoms with Gasteiger partial charge in [0.25, 0.3) is 5.91 Å². The molecule has 6 heteroatoms. The predicted molar refractivity (Wildman–Crippen MR) is 112 cm³/mol. The zero-order valence-corrected chi connectivity index (χ0v) is 18.0. The summed E-state index contributed by atoms with van der Waals surface area (Å²) < 4.78 is 16.3. The van der Waals surface area contributed by atoms with Crippen LogP contribution in [0.4, 0.5) is 0 Å². The van der Waals surface area contributed by atoms with Gasteiger partial charge in [0.05, 0.1) is 19.3 Å². The number of hydrogen-bond donors (Lipinski definition) is 1. The summed E-state index contributed by atoms with van der Waals surface area (Å²) >= 11 is 0. The van der Waals surface area contributed by atoms with E-state index in [0.29, 0.717) is 36.1 Å². The Kier molecular flexibility index (Phi) is 9.03. The summed E-state index contributed by atoms with van der Waals surface area (Å²) in [6.07, 6.45) is 6.95. The van der Waals surface area contributed by atoms with Gasteiger partial charge in [0.15, 0.2) is 17.6 Å². The first-order valence-corrected chi connectivity index (χ1v) is 10.4. The molecular formula is C23H33NO5. The molecule has 160 valence electrons. The number of carbonyl (C=O) groups is 2. The van der Waals surface area contributed by atoms with Crippen LogP contribution >= 0.6 is 0 Å². The van der Waals surface area contributed by atoms with Crippen molar-refractivity contribution in [2.75, 3.05) is 20.3 Å². The minimum Gasteiger partial charge on any atom is -0.493 e. The molecule has 0 saturated carbocycles. The topological polar surface area (TPSA) is 73.9 Å². The van der Waals surface area contributed by atoms with Crippen molar-refractivity contribution >= 4 is 11.9 Å². The van der Waals surface area contributed by atoms with Crippen LogP contribution in [0.3, 0.4) is 0 Å². The Labute approximate surface area is 173 Å². The molecule has 0 heterocycles. The molecule has 0 fully saturated rings. The molecule has 0 bridgehead atoms. The number of methoxy groups -OCH3 is 1. The molecule has 0 unspecified atom stereocenters. The van der Waals surface area contributed by atoms with Crippen molar-refractivity contribution < 1.29 is 23.8 Å². The van der Waals surface area contributed by atoms with Gasteiger partial charge in [0.2, 0.25) is 0 Å². The maximum Gasteiger partial charge on any atom is 0.339 e. The van der Waals surface area contributed by atoms with E-state index in [2.05, 4.69) is 25.2 Å². The van der Waals surface area contributed by atoms with Gasteiger partial charge in [-0.3, -0.25) is 4.79 Å². The SMILES string of the molecule is COc1cc(C(=O)O[C@@H](C)C(=O)NCCC2=CCCCC2)ccc1OCC(C)C. The number of carbonyl (C=O) groups excluding carboxylic acids is 2. The summed E-state index contributed by atoms with van der Waals surface area (Å²) in [5.74, 6) is 0.534. The first-order valence-electron chi connectivity index (χ1n) is 10.4. The highest BCUT2D eigenvalue weighted by molar-refractivity contribution is 5.92. The third kappa shape index (κ3) is 7.44. The Morgan fingerprint density at radius 3 is 2.59 bits per heavy atom. The molecule has 29 heavy (non-hydrogen) atoms. The van der Waals surface area contributed by atoms with Crippen molar-refractivity contribution in [2.45, 2.75) is 59.0 Å². The fraction of sp³-hybridized carbons (Fsp3) is 0.565. The summed E-state index contributed by atoms with van der Waals surface area (Å²) in [6, 6.07) is 4.86. The van der Waals surface area contributed by atoms with E-state index in [1.54, 1.807) is 25.1 Å². The van der Waals surface area contributed by atoms with Gasteiger partial charge in [-0.15, -0.1) is 0 Å². The second kappa shape index (κ2) is 11.5. The van der Waals surface area contributed by atoms with Crippen LogP contribution in [0.2, 0.25) is 0 Å². The van der Waals surface area contributed by atoms with Gasteiger partial charge in [-0.05, 0) is 63.1 Å². The maximum atomic E-state index is 12.4. The first-order chi connectivity index (χ1) is 13.9. The van der Waals surface area contributed by atoms with Crippen LogP contribution in [0.15, 0.2) is 29.8 Å². The Balaban J connectivity index is 1.85. The van der Waals surface area contributed by atoms with Crippen molar-refractivity contribution in [3.05, 3.63) is 35.4 Å². The molecule has 0 saturated heterocycles. The summed E-state index contributed by atoms with van der Waals surface area (Å²) in [5.41, 5.74) is 1.71. The Morgan fingerprint density at radius 1 is 1.14 bits per heavy atom. The van der Waals surface area contributed by atoms with Crippen molar-refractivity contribution in [1.29, 1.82) is 0 Å². The largest absolute Gasteiger partial charge is 0.493 e. The van der Waals surface area contributed by atoms with Gasteiger partial charge in [-0.1, -0.05) is 25.5 Å². The normalized spacial score (nSPS) is 14.7. The first kappa shape index (κ1) is 22.8. The summed E-state index contributed by atoms with van der Waals surface area (Å²) in [7, 11) is 1.52. The molecule has 1 aliphatic rings. The fourth-order valence-corrected chi connectivity index (χ4v) is 3.07. The molecule has 0 aliphatic heterocycles. The van der Waals surface area contributed by atoms with Crippen molar-refractivity contribution in [3.63, 3.8) is 0 Å². The van der Waals surface area contributed by atoms with Gasteiger partial charge in [0, 0.05) is 6.54 Å². The lowest BCUT2D eigenvalue weighted by Crippen LogP contribution is -2.36. The second-order valence-electron chi connectivity index (χ2n) is 7.77. The molecule has 0 radical (unpaired) electrons. The molecule has 1 aliphatic carbocycles. The predicted octanol–water partition coefficient (Wildman–Crippen LogP) is 4.28. The highest BCUT2D eigenvalue weighted by Gasteiger charge is 2.20. The van der Waals surface area contributed by atoms with Crippen LogP contribution in [-0.2, 0) is 9.53 Å². The van der Waals surface area contributed by atoms with Crippen molar-refractivity contribution in [2.24, 2.45) is 5.92 Å².